The van der Waals surface area contributed by atoms with Gasteiger partial charge in [-0.25, -0.2) is 4.39 Å². The number of carbonyl (C=O) groups excluding carboxylic acids is 1. The second kappa shape index (κ2) is 8.31. The number of rotatable bonds is 6. The molecule has 0 aliphatic heterocycles. The highest BCUT2D eigenvalue weighted by atomic mass is 19.1. The summed E-state index contributed by atoms with van der Waals surface area (Å²) in [6, 6.07) is 14.9. The van der Waals surface area contributed by atoms with Gasteiger partial charge in [-0.1, -0.05) is 6.07 Å². The van der Waals surface area contributed by atoms with Gasteiger partial charge in [0.2, 0.25) is 0 Å². The quantitative estimate of drug-likeness (QED) is 0.645. The second-order valence-corrected chi connectivity index (χ2v) is 6.24. The molecule has 5 nitrogen and oxygen atoms in total. The Morgan fingerprint density at radius 2 is 1.78 bits per heavy atom. The Hall–Kier alpha value is -3.41. The Morgan fingerprint density at radius 1 is 1.00 bits per heavy atom. The number of aromatic nitrogens is 1. The van der Waals surface area contributed by atoms with Crippen molar-refractivity contribution in [3.05, 3.63) is 78.4 Å². The maximum Gasteiger partial charge on any atom is 0.257 e. The van der Waals surface area contributed by atoms with Crippen LogP contribution in [-0.4, -0.2) is 17.0 Å². The summed E-state index contributed by atoms with van der Waals surface area (Å²) >= 11 is 0. The fraction of sp³-hybridized carbons (Fsp3) is 0.143. The van der Waals surface area contributed by atoms with Crippen LogP contribution in [0.1, 0.15) is 24.2 Å². The van der Waals surface area contributed by atoms with E-state index in [9.17, 15) is 9.18 Å². The van der Waals surface area contributed by atoms with E-state index in [1.165, 1.54) is 18.3 Å². The monoisotopic (exact) mass is 365 g/mol. The average molecular weight is 365 g/mol. The molecule has 0 aliphatic carbocycles. The van der Waals surface area contributed by atoms with Crippen LogP contribution >= 0.6 is 0 Å². The van der Waals surface area contributed by atoms with Crippen LogP contribution in [0.5, 0.6) is 5.75 Å². The number of hydrogen-bond acceptors (Lipinski definition) is 4. The summed E-state index contributed by atoms with van der Waals surface area (Å²) in [5.74, 6) is 0.112. The molecule has 0 fully saturated rings. The molecule has 0 bridgehead atoms. The molecular formula is C21H20FN3O2. The molecule has 1 amide bonds. The average Bonchev–Trinajstić information content (AvgIpc) is 2.63. The number of halogens is 1. The summed E-state index contributed by atoms with van der Waals surface area (Å²) in [5.41, 5.74) is 2.21. The Morgan fingerprint density at radius 3 is 2.48 bits per heavy atom. The third kappa shape index (κ3) is 5.28. The molecule has 0 saturated carbocycles. The van der Waals surface area contributed by atoms with Crippen LogP contribution in [0.4, 0.5) is 21.5 Å². The van der Waals surface area contributed by atoms with Gasteiger partial charge in [-0.2, -0.15) is 0 Å². The van der Waals surface area contributed by atoms with Crippen molar-refractivity contribution in [1.29, 1.82) is 0 Å². The van der Waals surface area contributed by atoms with Crippen molar-refractivity contribution in [3.63, 3.8) is 0 Å². The first-order valence-electron chi connectivity index (χ1n) is 8.55. The van der Waals surface area contributed by atoms with Crippen LogP contribution < -0.4 is 15.4 Å². The van der Waals surface area contributed by atoms with Gasteiger partial charge in [0.05, 0.1) is 23.6 Å². The zero-order valence-electron chi connectivity index (χ0n) is 15.1. The predicted molar refractivity (Wildman–Crippen MR) is 104 cm³/mol. The van der Waals surface area contributed by atoms with Gasteiger partial charge in [-0.05, 0) is 62.4 Å². The van der Waals surface area contributed by atoms with Crippen molar-refractivity contribution in [2.45, 2.75) is 20.0 Å². The van der Waals surface area contributed by atoms with Crippen LogP contribution in [0.15, 0.2) is 67.0 Å². The molecule has 1 heterocycles. The number of ether oxygens (including phenoxy) is 1. The Balaban J connectivity index is 1.68. The van der Waals surface area contributed by atoms with Gasteiger partial charge < -0.3 is 15.4 Å². The maximum atomic E-state index is 13.3. The highest BCUT2D eigenvalue weighted by Crippen LogP contribution is 2.20. The van der Waals surface area contributed by atoms with Crippen molar-refractivity contribution >= 4 is 23.0 Å². The first kappa shape index (κ1) is 18.4. The van der Waals surface area contributed by atoms with E-state index < -0.39 is 0 Å². The SMILES string of the molecule is CC(C)Oc1ccc(NC(=O)c2cncc(Nc3cccc(F)c3)c2)cc1. The van der Waals surface area contributed by atoms with E-state index in [1.807, 2.05) is 13.8 Å². The fourth-order valence-corrected chi connectivity index (χ4v) is 2.46. The zero-order chi connectivity index (χ0) is 19.2. The molecule has 0 atom stereocenters. The van der Waals surface area contributed by atoms with E-state index in [0.717, 1.165) is 5.75 Å². The van der Waals surface area contributed by atoms with Gasteiger partial charge in [-0.15, -0.1) is 0 Å². The first-order valence-corrected chi connectivity index (χ1v) is 8.55. The number of anilines is 3. The highest BCUT2D eigenvalue weighted by Gasteiger charge is 2.08. The minimum atomic E-state index is -0.341. The summed E-state index contributed by atoms with van der Waals surface area (Å²) in [5, 5.41) is 5.85. The minimum Gasteiger partial charge on any atom is -0.491 e. The van der Waals surface area contributed by atoms with Crippen LogP contribution in [0, 0.1) is 5.82 Å². The predicted octanol–water partition coefficient (Wildman–Crippen LogP) is 5.00. The molecule has 6 heteroatoms. The summed E-state index contributed by atoms with van der Waals surface area (Å²) < 4.78 is 18.9. The third-order valence-corrected chi connectivity index (χ3v) is 3.60. The number of benzene rings is 2. The Kier molecular flexibility index (Phi) is 5.66. The molecule has 1 aromatic heterocycles. The lowest BCUT2D eigenvalue weighted by Gasteiger charge is -2.11. The summed E-state index contributed by atoms with van der Waals surface area (Å²) in [7, 11) is 0. The number of pyridine rings is 1. The lowest BCUT2D eigenvalue weighted by atomic mass is 10.2. The molecule has 2 N–H and O–H groups in total. The number of carbonyl (C=O) groups is 1. The van der Waals surface area contributed by atoms with Gasteiger partial charge in [0, 0.05) is 17.6 Å². The van der Waals surface area contributed by atoms with Crippen LogP contribution in [0.2, 0.25) is 0 Å². The lowest BCUT2D eigenvalue weighted by molar-refractivity contribution is 0.102. The number of nitrogens with one attached hydrogen (secondary N) is 2. The second-order valence-electron chi connectivity index (χ2n) is 6.24. The number of nitrogens with zero attached hydrogens (tertiary/aromatic N) is 1. The molecular weight excluding hydrogens is 345 g/mol. The topological polar surface area (TPSA) is 63.2 Å². The molecule has 0 radical (unpaired) electrons. The van der Waals surface area contributed by atoms with Gasteiger partial charge >= 0.3 is 0 Å². The van der Waals surface area contributed by atoms with Crippen molar-refractivity contribution in [2.24, 2.45) is 0 Å². The van der Waals surface area contributed by atoms with Gasteiger partial charge in [0.1, 0.15) is 11.6 Å². The molecule has 27 heavy (non-hydrogen) atoms. The van der Waals surface area contributed by atoms with E-state index in [1.54, 1.807) is 48.7 Å². The van der Waals surface area contributed by atoms with Gasteiger partial charge in [-0.3, -0.25) is 9.78 Å². The smallest absolute Gasteiger partial charge is 0.257 e. The van der Waals surface area contributed by atoms with Crippen LogP contribution in [0.3, 0.4) is 0 Å². The molecule has 138 valence electrons. The summed E-state index contributed by atoms with van der Waals surface area (Å²) in [6.45, 7) is 3.90. The van der Waals surface area contributed by atoms with E-state index in [4.69, 9.17) is 4.74 Å². The third-order valence-electron chi connectivity index (χ3n) is 3.60. The summed E-state index contributed by atoms with van der Waals surface area (Å²) in [4.78, 5) is 16.5. The van der Waals surface area contributed by atoms with Gasteiger partial charge in [0.25, 0.3) is 5.91 Å². The van der Waals surface area contributed by atoms with Crippen molar-refractivity contribution < 1.29 is 13.9 Å². The van der Waals surface area contributed by atoms with Gasteiger partial charge in [0.15, 0.2) is 0 Å². The first-order chi connectivity index (χ1) is 13.0. The molecule has 0 saturated heterocycles. The Bertz CT molecular complexity index is 927. The van der Waals surface area contributed by atoms with Crippen LogP contribution in [0.25, 0.3) is 0 Å². The molecule has 0 spiro atoms. The normalized spacial score (nSPS) is 10.5. The van der Waals surface area contributed by atoms with Crippen molar-refractivity contribution in [2.75, 3.05) is 10.6 Å². The van der Waals surface area contributed by atoms with E-state index in [2.05, 4.69) is 15.6 Å². The zero-order valence-corrected chi connectivity index (χ0v) is 15.1. The standard InChI is InChI=1S/C21H20FN3O2/c1-14(2)27-20-8-6-17(7-9-20)25-21(26)15-10-19(13-23-12-15)24-18-5-3-4-16(22)11-18/h3-14,24H,1-2H3,(H,25,26). The summed E-state index contributed by atoms with van der Waals surface area (Å²) in [6.07, 6.45) is 3.13. The molecule has 0 unspecified atom stereocenters. The molecule has 3 aromatic rings. The van der Waals surface area contributed by atoms with Crippen LogP contribution in [-0.2, 0) is 0 Å². The van der Waals surface area contributed by atoms with Crippen molar-refractivity contribution in [3.8, 4) is 5.75 Å². The number of amides is 1. The Labute approximate surface area is 157 Å². The molecule has 2 aromatic carbocycles. The minimum absolute atomic E-state index is 0.0878. The van der Waals surface area contributed by atoms with E-state index in [0.29, 0.717) is 22.6 Å². The van der Waals surface area contributed by atoms with E-state index >= 15 is 0 Å². The molecule has 3 rings (SSSR count). The number of hydrogen-bond donors (Lipinski definition) is 2. The van der Waals surface area contributed by atoms with E-state index in [-0.39, 0.29) is 17.8 Å². The lowest BCUT2D eigenvalue weighted by Crippen LogP contribution is -2.12. The highest BCUT2D eigenvalue weighted by molar-refractivity contribution is 6.04. The van der Waals surface area contributed by atoms with Crippen molar-refractivity contribution in [1.82, 2.24) is 4.98 Å². The largest absolute Gasteiger partial charge is 0.491 e. The maximum absolute atomic E-state index is 13.3. The fourth-order valence-electron chi connectivity index (χ4n) is 2.46. The molecule has 0 aliphatic rings.